The van der Waals surface area contributed by atoms with Gasteiger partial charge in [0.15, 0.2) is 0 Å². The monoisotopic (exact) mass is 590 g/mol. The Hall–Kier alpha value is -2.23. The van der Waals surface area contributed by atoms with Crippen molar-refractivity contribution in [3.05, 3.63) is 42.0 Å². The van der Waals surface area contributed by atoms with Gasteiger partial charge in [0.2, 0.25) is 5.91 Å². The van der Waals surface area contributed by atoms with E-state index >= 15 is 0 Å². The van der Waals surface area contributed by atoms with Crippen LogP contribution in [0.1, 0.15) is 50.2 Å². The second-order valence-electron chi connectivity index (χ2n) is 10.6. The molecule has 1 aromatic carbocycles. The molecule has 38 heavy (non-hydrogen) atoms. The number of anilines is 1. The number of aryl methyl sites for hydroxylation is 2. The molecular formula is C29H39BrN2O6. The number of unbranched alkanes of at least 4 members (excludes halogenated alkanes) is 3. The fourth-order valence-electron chi connectivity index (χ4n) is 6.70. The number of carbonyl (C=O) groups excluding carboxylic acids is 3. The van der Waals surface area contributed by atoms with E-state index in [1.54, 1.807) is 22.8 Å². The lowest BCUT2D eigenvalue weighted by atomic mass is 9.70. The summed E-state index contributed by atoms with van der Waals surface area (Å²) in [6.07, 6.45) is 4.66. The van der Waals surface area contributed by atoms with Gasteiger partial charge in [0, 0.05) is 30.2 Å². The van der Waals surface area contributed by atoms with Crippen molar-refractivity contribution in [2.24, 2.45) is 11.8 Å². The minimum Gasteiger partial charge on any atom is -0.466 e. The number of aliphatic hydroxyl groups excluding tert-OH is 1. The highest BCUT2D eigenvalue weighted by atomic mass is 79.9. The molecule has 8 nitrogen and oxygen atoms in total. The number of hydrogen-bond acceptors (Lipinski definition) is 6. The molecule has 1 spiro atoms. The molecule has 0 aromatic heterocycles. The molecule has 0 saturated carbocycles. The maximum Gasteiger partial charge on any atom is 0.312 e. The Morgan fingerprint density at radius 1 is 1.26 bits per heavy atom. The van der Waals surface area contributed by atoms with Gasteiger partial charge in [0.1, 0.15) is 11.6 Å². The van der Waals surface area contributed by atoms with Crippen LogP contribution in [0.25, 0.3) is 0 Å². The number of alkyl halides is 1. The molecule has 0 aliphatic carbocycles. The summed E-state index contributed by atoms with van der Waals surface area (Å²) in [6, 6.07) is 5.02. The van der Waals surface area contributed by atoms with Gasteiger partial charge >= 0.3 is 5.97 Å². The van der Waals surface area contributed by atoms with E-state index in [0.717, 1.165) is 29.7 Å². The van der Waals surface area contributed by atoms with Crippen molar-refractivity contribution in [2.75, 3.05) is 31.2 Å². The quantitative estimate of drug-likeness (QED) is 0.173. The van der Waals surface area contributed by atoms with Gasteiger partial charge in [-0.15, -0.1) is 6.58 Å². The number of aliphatic hydroxyl groups is 1. The molecule has 208 valence electrons. The van der Waals surface area contributed by atoms with Crippen molar-refractivity contribution in [3.63, 3.8) is 0 Å². The van der Waals surface area contributed by atoms with Gasteiger partial charge in [-0.2, -0.15) is 0 Å². The number of benzene rings is 1. The lowest BCUT2D eigenvalue weighted by Gasteiger charge is -2.37. The Bertz CT molecular complexity index is 1060. The van der Waals surface area contributed by atoms with Gasteiger partial charge in [-0.3, -0.25) is 14.4 Å². The number of rotatable bonds is 12. The minimum absolute atomic E-state index is 0.129. The van der Waals surface area contributed by atoms with Crippen LogP contribution >= 0.6 is 15.9 Å². The maximum absolute atomic E-state index is 14.6. The number of likely N-dealkylation sites (tertiary alicyclic amines) is 1. The van der Waals surface area contributed by atoms with E-state index < -0.39 is 35.6 Å². The molecule has 3 aliphatic rings. The highest BCUT2D eigenvalue weighted by molar-refractivity contribution is 9.09. The largest absolute Gasteiger partial charge is 0.466 e. The molecule has 3 heterocycles. The van der Waals surface area contributed by atoms with Crippen LogP contribution in [0.15, 0.2) is 30.9 Å². The number of ether oxygens (including phenoxy) is 2. The molecule has 6 atom stereocenters. The van der Waals surface area contributed by atoms with Crippen LogP contribution in [0.5, 0.6) is 0 Å². The Morgan fingerprint density at radius 2 is 1.95 bits per heavy atom. The summed E-state index contributed by atoms with van der Waals surface area (Å²) in [5.74, 6) is -2.42. The van der Waals surface area contributed by atoms with Crippen molar-refractivity contribution >= 4 is 39.4 Å². The molecular weight excluding hydrogens is 552 g/mol. The second kappa shape index (κ2) is 11.9. The maximum atomic E-state index is 14.6. The van der Waals surface area contributed by atoms with Gasteiger partial charge in [0.05, 0.1) is 24.5 Å². The van der Waals surface area contributed by atoms with Crippen molar-refractivity contribution in [3.8, 4) is 0 Å². The van der Waals surface area contributed by atoms with E-state index in [2.05, 4.69) is 22.5 Å². The summed E-state index contributed by atoms with van der Waals surface area (Å²) in [5, 5.41) is 9.14. The van der Waals surface area contributed by atoms with Gasteiger partial charge in [-0.25, -0.2) is 0 Å². The first kappa shape index (κ1) is 28.8. The number of nitrogens with zero attached hydrogens (tertiary/aromatic N) is 2. The summed E-state index contributed by atoms with van der Waals surface area (Å²) in [4.78, 5) is 45.0. The average Bonchev–Trinajstić information content (AvgIpc) is 3.46. The molecule has 2 amide bonds. The molecule has 9 heteroatoms. The molecule has 3 unspecified atom stereocenters. The smallest absolute Gasteiger partial charge is 0.312 e. The first-order valence-corrected chi connectivity index (χ1v) is 14.5. The molecule has 2 bridgehead atoms. The second-order valence-corrected chi connectivity index (χ2v) is 11.7. The molecule has 4 rings (SSSR count). The zero-order valence-corrected chi connectivity index (χ0v) is 24.1. The van der Waals surface area contributed by atoms with Crippen molar-refractivity contribution < 1.29 is 29.0 Å². The normalized spacial score (nSPS) is 29.4. The highest BCUT2D eigenvalue weighted by Gasteiger charge is 2.77. The van der Waals surface area contributed by atoms with Gasteiger partial charge in [-0.1, -0.05) is 53.0 Å². The number of halogens is 1. The third-order valence-corrected chi connectivity index (χ3v) is 9.02. The predicted molar refractivity (Wildman–Crippen MR) is 148 cm³/mol. The van der Waals surface area contributed by atoms with E-state index in [0.29, 0.717) is 25.8 Å². The Labute approximate surface area is 233 Å². The van der Waals surface area contributed by atoms with Crippen LogP contribution in [0.3, 0.4) is 0 Å². The van der Waals surface area contributed by atoms with Crippen molar-refractivity contribution in [1.29, 1.82) is 0 Å². The van der Waals surface area contributed by atoms with Crippen LogP contribution in [-0.4, -0.2) is 76.7 Å². The minimum atomic E-state index is -1.12. The molecule has 3 fully saturated rings. The number of carbonyl (C=O) groups is 3. The third kappa shape index (κ3) is 4.82. The van der Waals surface area contributed by atoms with E-state index in [9.17, 15) is 14.4 Å². The standard InChI is InChI=1S/C29H39BrN2O6/c1-5-14-31(23-18(3)12-11-13-19(23)4)27(35)25-29-17-20(30)24(38-29)21(28(36)37-6-2)22(29)26(34)32(25)15-9-7-8-10-16-33/h5,11-13,20-22,24-25,33H,1,6-10,14-17H2,2-4H3/t20?,21-,22-,24-,25?,29?/m0/s1. The summed E-state index contributed by atoms with van der Waals surface area (Å²) in [6.45, 7) is 10.6. The van der Waals surface area contributed by atoms with Gasteiger partial charge < -0.3 is 24.4 Å². The van der Waals surface area contributed by atoms with Crippen LogP contribution in [0, 0.1) is 25.7 Å². The zero-order valence-electron chi connectivity index (χ0n) is 22.5. The third-order valence-electron chi connectivity index (χ3n) is 8.18. The van der Waals surface area contributed by atoms with Crippen LogP contribution < -0.4 is 4.90 Å². The van der Waals surface area contributed by atoms with E-state index in [4.69, 9.17) is 14.6 Å². The summed E-state index contributed by atoms with van der Waals surface area (Å²) in [5.41, 5.74) is 1.59. The number of esters is 1. The summed E-state index contributed by atoms with van der Waals surface area (Å²) < 4.78 is 11.9. The number of para-hydroxylation sites is 1. The van der Waals surface area contributed by atoms with Crippen LogP contribution in [0.4, 0.5) is 5.69 Å². The fraction of sp³-hybridized carbons (Fsp3) is 0.621. The average molecular weight is 592 g/mol. The first-order valence-electron chi connectivity index (χ1n) is 13.6. The molecule has 3 saturated heterocycles. The fourth-order valence-corrected chi connectivity index (χ4v) is 7.65. The first-order chi connectivity index (χ1) is 18.2. The summed E-state index contributed by atoms with van der Waals surface area (Å²) in [7, 11) is 0. The van der Waals surface area contributed by atoms with Crippen LogP contribution in [0.2, 0.25) is 0 Å². The molecule has 3 aliphatic heterocycles. The van der Waals surface area contributed by atoms with Crippen molar-refractivity contribution in [1.82, 2.24) is 4.90 Å². The van der Waals surface area contributed by atoms with Gasteiger partial charge in [0.25, 0.3) is 5.91 Å². The van der Waals surface area contributed by atoms with Gasteiger partial charge in [-0.05, 0) is 51.2 Å². The van der Waals surface area contributed by atoms with Crippen molar-refractivity contribution in [2.45, 2.75) is 75.4 Å². The highest BCUT2D eigenvalue weighted by Crippen LogP contribution is 2.60. The lowest BCUT2D eigenvalue weighted by Crippen LogP contribution is -2.57. The molecule has 0 radical (unpaired) electrons. The number of amides is 2. The lowest BCUT2D eigenvalue weighted by molar-refractivity contribution is -0.154. The number of hydrogen-bond donors (Lipinski definition) is 1. The Morgan fingerprint density at radius 3 is 2.58 bits per heavy atom. The summed E-state index contributed by atoms with van der Waals surface area (Å²) >= 11 is 3.69. The number of fused-ring (bicyclic) bond motifs is 1. The topological polar surface area (TPSA) is 96.4 Å². The van der Waals surface area contributed by atoms with E-state index in [-0.39, 0.29) is 36.4 Å². The van der Waals surface area contributed by atoms with E-state index in [1.165, 1.54) is 0 Å². The van der Waals surface area contributed by atoms with E-state index in [1.807, 2.05) is 32.0 Å². The Balaban J connectivity index is 1.76. The SMILES string of the molecule is C=CCN(C(=O)C1N(CCCCCCO)C(=O)[C@@H]2[C@H](C(=O)OCC)[C@H]3OC12CC3Br)c1c(C)cccc1C. The Kier molecular flexibility index (Phi) is 9.00. The van der Waals surface area contributed by atoms with Crippen LogP contribution in [-0.2, 0) is 23.9 Å². The zero-order chi connectivity index (χ0) is 27.6. The predicted octanol–water partition coefficient (Wildman–Crippen LogP) is 3.69. The molecule has 1 N–H and O–H groups in total. The molecule has 1 aromatic rings.